The van der Waals surface area contributed by atoms with Gasteiger partial charge in [-0.05, 0) is 9.91 Å². The SMILES string of the molecule is C#Cc1cnc([N+](=O)[O-])c(O)c1. The highest BCUT2D eigenvalue weighted by atomic mass is 16.6. The molecule has 0 unspecified atom stereocenters. The van der Waals surface area contributed by atoms with Crippen molar-refractivity contribution in [2.45, 2.75) is 0 Å². The summed E-state index contributed by atoms with van der Waals surface area (Å²) >= 11 is 0. The Morgan fingerprint density at radius 2 is 2.42 bits per heavy atom. The first-order chi connectivity index (χ1) is 5.65. The van der Waals surface area contributed by atoms with E-state index in [9.17, 15) is 10.1 Å². The number of hydrogen-bond donors (Lipinski definition) is 1. The molecule has 0 aromatic carbocycles. The van der Waals surface area contributed by atoms with Crippen LogP contribution in [-0.2, 0) is 0 Å². The Kier molecular flexibility index (Phi) is 1.92. The summed E-state index contributed by atoms with van der Waals surface area (Å²) in [5, 5.41) is 19.1. The van der Waals surface area contributed by atoms with Gasteiger partial charge < -0.3 is 15.2 Å². The van der Waals surface area contributed by atoms with Crippen molar-refractivity contribution in [2.24, 2.45) is 0 Å². The van der Waals surface area contributed by atoms with Crippen LogP contribution in [0.2, 0.25) is 0 Å². The molecule has 1 heterocycles. The van der Waals surface area contributed by atoms with Crippen LogP contribution in [0.25, 0.3) is 0 Å². The average molecular weight is 164 g/mol. The molecule has 12 heavy (non-hydrogen) atoms. The molecule has 5 nitrogen and oxygen atoms in total. The quantitative estimate of drug-likeness (QED) is 0.376. The fourth-order valence-corrected chi connectivity index (χ4v) is 0.666. The van der Waals surface area contributed by atoms with E-state index in [1.165, 1.54) is 0 Å². The Labute approximate surface area is 67.8 Å². The molecule has 0 saturated carbocycles. The molecule has 1 aromatic heterocycles. The summed E-state index contributed by atoms with van der Waals surface area (Å²) in [6.07, 6.45) is 6.12. The topological polar surface area (TPSA) is 76.3 Å². The second kappa shape index (κ2) is 2.88. The lowest BCUT2D eigenvalue weighted by Gasteiger charge is -1.94. The van der Waals surface area contributed by atoms with Gasteiger partial charge in [0.1, 0.15) is 0 Å². The van der Waals surface area contributed by atoms with Gasteiger partial charge in [-0.2, -0.15) is 0 Å². The van der Waals surface area contributed by atoms with Crippen molar-refractivity contribution in [3.05, 3.63) is 27.9 Å². The van der Waals surface area contributed by atoms with E-state index in [2.05, 4.69) is 10.9 Å². The van der Waals surface area contributed by atoms with Gasteiger partial charge in [-0.1, -0.05) is 5.92 Å². The summed E-state index contributed by atoms with van der Waals surface area (Å²) in [5.74, 6) is 1.08. The van der Waals surface area contributed by atoms with Crippen molar-refractivity contribution in [2.75, 3.05) is 0 Å². The summed E-state index contributed by atoms with van der Waals surface area (Å²) in [6.45, 7) is 0. The van der Waals surface area contributed by atoms with Crippen LogP contribution in [-0.4, -0.2) is 15.0 Å². The fraction of sp³-hybridized carbons (Fsp3) is 0. The number of aromatic hydroxyl groups is 1. The van der Waals surface area contributed by atoms with Gasteiger partial charge in [-0.3, -0.25) is 0 Å². The van der Waals surface area contributed by atoms with Gasteiger partial charge in [0.15, 0.2) is 6.20 Å². The molecule has 0 bridgehead atoms. The third-order valence-corrected chi connectivity index (χ3v) is 1.19. The predicted octanol–water partition coefficient (Wildman–Crippen LogP) is 0.677. The second-order valence-electron chi connectivity index (χ2n) is 1.97. The lowest BCUT2D eigenvalue weighted by molar-refractivity contribution is -0.390. The fourth-order valence-electron chi connectivity index (χ4n) is 0.666. The van der Waals surface area contributed by atoms with Crippen LogP contribution < -0.4 is 0 Å². The molecule has 0 spiro atoms. The maximum absolute atomic E-state index is 10.2. The van der Waals surface area contributed by atoms with E-state index in [0.717, 1.165) is 12.3 Å². The maximum Gasteiger partial charge on any atom is 0.406 e. The first-order valence-corrected chi connectivity index (χ1v) is 2.95. The third-order valence-electron chi connectivity index (χ3n) is 1.19. The molecular weight excluding hydrogens is 160 g/mol. The number of hydrogen-bond acceptors (Lipinski definition) is 4. The third kappa shape index (κ3) is 1.32. The molecule has 0 atom stereocenters. The zero-order valence-corrected chi connectivity index (χ0v) is 5.89. The van der Waals surface area contributed by atoms with E-state index in [-0.39, 0.29) is 0 Å². The molecule has 0 aliphatic carbocycles. The second-order valence-corrected chi connectivity index (χ2v) is 1.97. The van der Waals surface area contributed by atoms with Crippen LogP contribution in [0.15, 0.2) is 12.3 Å². The van der Waals surface area contributed by atoms with Gasteiger partial charge in [0, 0.05) is 6.07 Å². The molecule has 1 N–H and O–H groups in total. The van der Waals surface area contributed by atoms with Crippen LogP contribution in [0, 0.1) is 22.5 Å². The molecule has 5 heteroatoms. The highest BCUT2D eigenvalue weighted by Gasteiger charge is 2.14. The Bertz CT molecular complexity index is 367. The van der Waals surface area contributed by atoms with Crippen molar-refractivity contribution in [1.29, 1.82) is 0 Å². The monoisotopic (exact) mass is 164 g/mol. The Balaban J connectivity index is 3.23. The lowest BCUT2D eigenvalue weighted by atomic mass is 10.3. The minimum absolute atomic E-state index is 0.304. The van der Waals surface area contributed by atoms with Crippen LogP contribution in [0.1, 0.15) is 5.56 Å². The molecular formula is C7H4N2O3. The van der Waals surface area contributed by atoms with Crippen molar-refractivity contribution in [1.82, 2.24) is 4.98 Å². The minimum atomic E-state index is -0.782. The van der Waals surface area contributed by atoms with Gasteiger partial charge in [-0.25, -0.2) is 0 Å². The molecule has 1 rings (SSSR count). The summed E-state index contributed by atoms with van der Waals surface area (Å²) in [5.41, 5.74) is 0.304. The van der Waals surface area contributed by atoms with Crippen molar-refractivity contribution < 1.29 is 10.0 Å². The summed E-state index contributed by atoms with van der Waals surface area (Å²) in [7, 11) is 0. The molecule has 60 valence electrons. The van der Waals surface area contributed by atoms with E-state index in [1.807, 2.05) is 0 Å². The molecule has 0 aliphatic rings. The molecule has 0 radical (unpaired) electrons. The highest BCUT2D eigenvalue weighted by Crippen LogP contribution is 2.22. The summed E-state index contributed by atoms with van der Waals surface area (Å²) in [6, 6.07) is 1.12. The van der Waals surface area contributed by atoms with Gasteiger partial charge in [0.05, 0.1) is 5.56 Å². The van der Waals surface area contributed by atoms with Crippen LogP contribution >= 0.6 is 0 Å². The van der Waals surface area contributed by atoms with E-state index < -0.39 is 16.5 Å². The van der Waals surface area contributed by atoms with Gasteiger partial charge in [0.25, 0.3) is 0 Å². The zero-order valence-electron chi connectivity index (χ0n) is 5.89. The molecule has 0 aliphatic heterocycles. The first-order valence-electron chi connectivity index (χ1n) is 2.95. The predicted molar refractivity (Wildman–Crippen MR) is 40.5 cm³/mol. The number of aromatic nitrogens is 1. The minimum Gasteiger partial charge on any atom is -0.501 e. The van der Waals surface area contributed by atoms with Gasteiger partial charge in [-0.15, -0.1) is 6.42 Å². The zero-order chi connectivity index (χ0) is 9.14. The number of nitro groups is 1. The van der Waals surface area contributed by atoms with Crippen molar-refractivity contribution in [3.8, 4) is 18.1 Å². The number of nitrogens with zero attached hydrogens (tertiary/aromatic N) is 2. The first kappa shape index (κ1) is 8.01. The standard InChI is InChI=1S/C7H4N2O3/c1-2-5-3-6(10)7(8-4-5)9(11)12/h1,3-4,10H. The van der Waals surface area contributed by atoms with Crippen molar-refractivity contribution in [3.63, 3.8) is 0 Å². The van der Waals surface area contributed by atoms with E-state index >= 15 is 0 Å². The summed E-state index contributed by atoms with van der Waals surface area (Å²) < 4.78 is 0. The van der Waals surface area contributed by atoms with Crippen LogP contribution in [0.5, 0.6) is 5.75 Å². The smallest absolute Gasteiger partial charge is 0.406 e. The normalized spacial score (nSPS) is 8.92. The Morgan fingerprint density at radius 1 is 1.75 bits per heavy atom. The number of pyridine rings is 1. The van der Waals surface area contributed by atoms with Crippen molar-refractivity contribution >= 4 is 5.82 Å². The summed E-state index contributed by atoms with van der Waals surface area (Å²) in [4.78, 5) is 12.7. The van der Waals surface area contributed by atoms with Crippen LogP contribution in [0.4, 0.5) is 5.82 Å². The Hall–Kier alpha value is -2.09. The molecule has 0 fully saturated rings. The average Bonchev–Trinajstić information content (AvgIpc) is 2.03. The molecule has 1 aromatic rings. The number of terminal acetylenes is 1. The molecule has 0 saturated heterocycles. The van der Waals surface area contributed by atoms with Crippen LogP contribution in [0.3, 0.4) is 0 Å². The highest BCUT2D eigenvalue weighted by molar-refractivity contribution is 5.44. The van der Waals surface area contributed by atoms with E-state index in [4.69, 9.17) is 11.5 Å². The largest absolute Gasteiger partial charge is 0.501 e. The van der Waals surface area contributed by atoms with Gasteiger partial charge in [0.2, 0.25) is 5.75 Å². The Morgan fingerprint density at radius 3 is 2.83 bits per heavy atom. The van der Waals surface area contributed by atoms with E-state index in [1.54, 1.807) is 0 Å². The van der Waals surface area contributed by atoms with Gasteiger partial charge >= 0.3 is 5.82 Å². The maximum atomic E-state index is 10.2. The number of rotatable bonds is 1. The molecule has 0 amide bonds. The van der Waals surface area contributed by atoms with E-state index in [0.29, 0.717) is 5.56 Å². The lowest BCUT2D eigenvalue weighted by Crippen LogP contribution is -1.92.